The van der Waals surface area contributed by atoms with Gasteiger partial charge in [0.2, 0.25) is 0 Å². The summed E-state index contributed by atoms with van der Waals surface area (Å²) in [5.41, 5.74) is 1.63. The van der Waals surface area contributed by atoms with Crippen LogP contribution in [0.4, 0.5) is 5.82 Å². The second-order valence-electron chi connectivity index (χ2n) is 3.37. The number of anilines is 1. The van der Waals surface area contributed by atoms with Crippen LogP contribution in [-0.2, 0) is 0 Å². The molecule has 0 amide bonds. The topological polar surface area (TPSA) is 56.3 Å². The molecule has 0 aliphatic carbocycles. The molecule has 1 N–H and O–H groups in total. The number of rotatable bonds is 4. The van der Waals surface area contributed by atoms with E-state index in [1.165, 1.54) is 0 Å². The van der Waals surface area contributed by atoms with Gasteiger partial charge in [0.15, 0.2) is 5.82 Å². The van der Waals surface area contributed by atoms with E-state index in [0.29, 0.717) is 11.5 Å². The van der Waals surface area contributed by atoms with Gasteiger partial charge in [-0.2, -0.15) is 8.75 Å². The molecule has 0 radical (unpaired) electrons. The third kappa shape index (κ3) is 2.15. The molecular weight excluding hydrogens is 318 g/mol. The van der Waals surface area contributed by atoms with E-state index < -0.39 is 0 Å². The summed E-state index contributed by atoms with van der Waals surface area (Å²) in [7, 11) is 5.04. The summed E-state index contributed by atoms with van der Waals surface area (Å²) in [6.07, 6.45) is 0. The molecule has 0 saturated heterocycles. The molecule has 0 aliphatic heterocycles. The maximum Gasteiger partial charge on any atom is 0.168 e. The van der Waals surface area contributed by atoms with E-state index in [1.807, 2.05) is 19.2 Å². The van der Waals surface area contributed by atoms with Crippen LogP contribution < -0.4 is 14.8 Å². The molecule has 0 unspecified atom stereocenters. The zero-order chi connectivity index (χ0) is 13.1. The van der Waals surface area contributed by atoms with Gasteiger partial charge in [-0.25, -0.2) is 0 Å². The Balaban J connectivity index is 2.61. The van der Waals surface area contributed by atoms with Crippen molar-refractivity contribution in [1.29, 1.82) is 0 Å². The smallest absolute Gasteiger partial charge is 0.168 e. The first-order valence-corrected chi connectivity index (χ1v) is 6.66. The Morgan fingerprint density at radius 2 is 2.00 bits per heavy atom. The minimum Gasteiger partial charge on any atom is -0.495 e. The molecule has 0 spiro atoms. The fourth-order valence-electron chi connectivity index (χ4n) is 1.61. The van der Waals surface area contributed by atoms with Crippen molar-refractivity contribution in [2.75, 3.05) is 26.6 Å². The van der Waals surface area contributed by atoms with Gasteiger partial charge in [0.1, 0.15) is 21.7 Å². The minimum absolute atomic E-state index is 0.679. The summed E-state index contributed by atoms with van der Waals surface area (Å²) in [6.45, 7) is 0. The number of nitrogens with zero attached hydrogens (tertiary/aromatic N) is 2. The normalized spacial score (nSPS) is 10.2. The molecule has 2 aromatic rings. The summed E-state index contributed by atoms with van der Waals surface area (Å²) < 4.78 is 19.9. The standard InChI is InChI=1S/C11H12BrN3O2S/c1-13-11-9(14-18-15-11)6-4-5-7(16-2)8(12)10(6)17-3/h4-5H,1-3H3,(H,13,15). The Morgan fingerprint density at radius 3 is 2.61 bits per heavy atom. The van der Waals surface area contributed by atoms with Crippen molar-refractivity contribution < 1.29 is 9.47 Å². The second-order valence-corrected chi connectivity index (χ2v) is 4.70. The monoisotopic (exact) mass is 329 g/mol. The molecule has 1 aromatic carbocycles. The van der Waals surface area contributed by atoms with E-state index in [-0.39, 0.29) is 0 Å². The van der Waals surface area contributed by atoms with Crippen LogP contribution in [0.2, 0.25) is 0 Å². The lowest BCUT2D eigenvalue weighted by Gasteiger charge is -2.12. The van der Waals surface area contributed by atoms with Crippen LogP contribution in [-0.4, -0.2) is 30.0 Å². The quantitative estimate of drug-likeness (QED) is 0.934. The lowest BCUT2D eigenvalue weighted by Crippen LogP contribution is -1.96. The van der Waals surface area contributed by atoms with Crippen molar-refractivity contribution in [2.24, 2.45) is 0 Å². The van der Waals surface area contributed by atoms with Crippen molar-refractivity contribution in [3.8, 4) is 22.8 Å². The SMILES string of the molecule is CNc1nsnc1-c1ccc(OC)c(Br)c1OC. The summed E-state index contributed by atoms with van der Waals surface area (Å²) in [5, 5.41) is 3.01. The molecule has 2 rings (SSSR count). The average Bonchev–Trinajstić information content (AvgIpc) is 2.86. The van der Waals surface area contributed by atoms with E-state index in [0.717, 1.165) is 33.3 Å². The summed E-state index contributed by atoms with van der Waals surface area (Å²) >= 11 is 4.63. The number of halogens is 1. The van der Waals surface area contributed by atoms with Crippen LogP contribution in [0.3, 0.4) is 0 Å². The van der Waals surface area contributed by atoms with Crippen LogP contribution in [0.5, 0.6) is 11.5 Å². The molecule has 0 atom stereocenters. The van der Waals surface area contributed by atoms with E-state index in [1.54, 1.807) is 14.2 Å². The summed E-state index contributed by atoms with van der Waals surface area (Å²) in [6, 6.07) is 3.76. The van der Waals surface area contributed by atoms with Crippen LogP contribution >= 0.6 is 27.7 Å². The molecule has 1 heterocycles. The first-order valence-electron chi connectivity index (χ1n) is 5.14. The van der Waals surface area contributed by atoms with Crippen molar-refractivity contribution in [3.63, 3.8) is 0 Å². The van der Waals surface area contributed by atoms with Gasteiger partial charge < -0.3 is 14.8 Å². The molecule has 0 aliphatic rings. The number of hydrogen-bond donors (Lipinski definition) is 1. The Kier molecular flexibility index (Phi) is 4.03. The predicted octanol–water partition coefficient (Wildman–Crippen LogP) is 3.03. The van der Waals surface area contributed by atoms with Gasteiger partial charge >= 0.3 is 0 Å². The Bertz CT molecular complexity index is 559. The molecule has 96 valence electrons. The van der Waals surface area contributed by atoms with Gasteiger partial charge in [-0.3, -0.25) is 0 Å². The molecule has 18 heavy (non-hydrogen) atoms. The third-order valence-electron chi connectivity index (χ3n) is 2.47. The van der Waals surface area contributed by atoms with Crippen molar-refractivity contribution in [3.05, 3.63) is 16.6 Å². The lowest BCUT2D eigenvalue weighted by molar-refractivity contribution is 0.390. The fourth-order valence-corrected chi connectivity index (χ4v) is 2.85. The highest BCUT2D eigenvalue weighted by Gasteiger charge is 2.18. The van der Waals surface area contributed by atoms with Gasteiger partial charge in [-0.05, 0) is 28.1 Å². The number of nitrogens with one attached hydrogen (secondary N) is 1. The number of aromatic nitrogens is 2. The highest BCUT2D eigenvalue weighted by molar-refractivity contribution is 9.10. The summed E-state index contributed by atoms with van der Waals surface area (Å²) in [4.78, 5) is 0. The van der Waals surface area contributed by atoms with Crippen LogP contribution in [0.1, 0.15) is 0 Å². The molecule has 5 nitrogen and oxygen atoms in total. The van der Waals surface area contributed by atoms with E-state index in [2.05, 4.69) is 30.0 Å². The highest BCUT2D eigenvalue weighted by atomic mass is 79.9. The molecule has 1 aromatic heterocycles. The largest absolute Gasteiger partial charge is 0.495 e. The van der Waals surface area contributed by atoms with Gasteiger partial charge in [0.25, 0.3) is 0 Å². The third-order valence-corrected chi connectivity index (χ3v) is 3.75. The van der Waals surface area contributed by atoms with Gasteiger partial charge in [-0.1, -0.05) is 0 Å². The maximum atomic E-state index is 5.42. The first-order chi connectivity index (χ1) is 8.72. The predicted molar refractivity (Wildman–Crippen MR) is 75.7 cm³/mol. The zero-order valence-corrected chi connectivity index (χ0v) is 12.6. The minimum atomic E-state index is 0.679. The molecule has 0 fully saturated rings. The molecule has 7 heteroatoms. The second kappa shape index (κ2) is 5.53. The van der Waals surface area contributed by atoms with Crippen molar-refractivity contribution in [1.82, 2.24) is 8.75 Å². The summed E-state index contributed by atoms with van der Waals surface area (Å²) in [5.74, 6) is 2.12. The molecular formula is C11H12BrN3O2S. The average molecular weight is 330 g/mol. The zero-order valence-electron chi connectivity index (χ0n) is 10.2. The van der Waals surface area contributed by atoms with Gasteiger partial charge in [0.05, 0.1) is 25.9 Å². The van der Waals surface area contributed by atoms with Crippen LogP contribution in [0.15, 0.2) is 16.6 Å². The van der Waals surface area contributed by atoms with Gasteiger partial charge in [0, 0.05) is 12.6 Å². The van der Waals surface area contributed by atoms with E-state index in [4.69, 9.17) is 9.47 Å². The molecule has 0 bridgehead atoms. The van der Waals surface area contributed by atoms with Crippen LogP contribution in [0, 0.1) is 0 Å². The Morgan fingerprint density at radius 1 is 1.22 bits per heavy atom. The maximum absolute atomic E-state index is 5.42. The highest BCUT2D eigenvalue weighted by Crippen LogP contribution is 2.43. The number of ether oxygens (including phenoxy) is 2. The number of benzene rings is 1. The van der Waals surface area contributed by atoms with Crippen LogP contribution in [0.25, 0.3) is 11.3 Å². The Labute approximate surface area is 118 Å². The lowest BCUT2D eigenvalue weighted by atomic mass is 10.1. The first kappa shape index (κ1) is 13.1. The van der Waals surface area contributed by atoms with Gasteiger partial charge in [-0.15, -0.1) is 0 Å². The van der Waals surface area contributed by atoms with Crippen molar-refractivity contribution >= 4 is 33.5 Å². The van der Waals surface area contributed by atoms with Crippen molar-refractivity contribution in [2.45, 2.75) is 0 Å². The van der Waals surface area contributed by atoms with E-state index in [9.17, 15) is 0 Å². The molecule has 0 saturated carbocycles. The Hall–Kier alpha value is -1.34. The number of methoxy groups -OCH3 is 2. The fraction of sp³-hybridized carbons (Fsp3) is 0.273. The van der Waals surface area contributed by atoms with E-state index >= 15 is 0 Å². The number of hydrogen-bond acceptors (Lipinski definition) is 6.